The number of anilines is 2. The normalized spacial score (nSPS) is 11.4. The van der Waals surface area contributed by atoms with Crippen molar-refractivity contribution < 1.29 is 8.42 Å². The summed E-state index contributed by atoms with van der Waals surface area (Å²) in [5.74, 6) is 0.130. The van der Waals surface area contributed by atoms with E-state index in [2.05, 4.69) is 25.1 Å². The van der Waals surface area contributed by atoms with Gasteiger partial charge in [-0.05, 0) is 17.3 Å². The van der Waals surface area contributed by atoms with E-state index in [9.17, 15) is 8.42 Å². The van der Waals surface area contributed by atoms with Gasteiger partial charge in [0.15, 0.2) is 0 Å². The molecule has 0 aromatic carbocycles. The van der Waals surface area contributed by atoms with Crippen LogP contribution in [0.15, 0.2) is 23.2 Å². The Labute approximate surface area is 96.7 Å². The van der Waals surface area contributed by atoms with Crippen molar-refractivity contribution in [2.45, 2.75) is 4.90 Å². The third-order valence-corrected chi connectivity index (χ3v) is 3.12. The molecule has 9 nitrogen and oxygen atoms in total. The molecule has 3 N–H and O–H groups in total. The van der Waals surface area contributed by atoms with Gasteiger partial charge in [0.05, 0.1) is 7.05 Å². The van der Waals surface area contributed by atoms with Gasteiger partial charge in [0.2, 0.25) is 0 Å². The molecular formula is C7H9N7O2S. The summed E-state index contributed by atoms with van der Waals surface area (Å²) in [6.45, 7) is 0. The van der Waals surface area contributed by atoms with Crippen molar-refractivity contribution in [1.29, 1.82) is 0 Å². The van der Waals surface area contributed by atoms with Gasteiger partial charge in [0.25, 0.3) is 16.0 Å². The Bertz CT molecular complexity index is 618. The number of hydrogen-bond donors (Lipinski definition) is 2. The molecule has 0 saturated heterocycles. The molecule has 0 fully saturated rings. The maximum absolute atomic E-state index is 11.8. The Morgan fingerprint density at radius 3 is 2.71 bits per heavy atom. The van der Waals surface area contributed by atoms with Crippen LogP contribution in [0, 0.1) is 0 Å². The molecule has 0 bridgehead atoms. The molecule has 2 aromatic heterocycles. The van der Waals surface area contributed by atoms with Crippen molar-refractivity contribution in [1.82, 2.24) is 25.2 Å². The summed E-state index contributed by atoms with van der Waals surface area (Å²) in [6.07, 6.45) is 1.15. The summed E-state index contributed by atoms with van der Waals surface area (Å²) in [6, 6.07) is 2.72. The summed E-state index contributed by atoms with van der Waals surface area (Å²) in [5, 5.41) is 10.7. The van der Waals surface area contributed by atoms with E-state index in [-0.39, 0.29) is 16.7 Å². The van der Waals surface area contributed by atoms with Gasteiger partial charge in [-0.15, -0.1) is 5.10 Å². The van der Waals surface area contributed by atoms with Crippen molar-refractivity contribution in [3.63, 3.8) is 0 Å². The number of pyridine rings is 1. The SMILES string of the molecule is Cn1nnc(NS(=O)(=O)c2ccc(N)nc2)n1. The van der Waals surface area contributed by atoms with E-state index in [1.807, 2.05) is 0 Å². The minimum absolute atomic E-state index is 0.0286. The van der Waals surface area contributed by atoms with Crippen LogP contribution in [0.5, 0.6) is 0 Å². The predicted octanol–water partition coefficient (Wildman–Crippen LogP) is -1.01. The minimum atomic E-state index is -3.76. The van der Waals surface area contributed by atoms with Gasteiger partial charge < -0.3 is 5.73 Å². The topological polar surface area (TPSA) is 129 Å². The summed E-state index contributed by atoms with van der Waals surface area (Å²) < 4.78 is 25.8. The number of nitrogens with one attached hydrogen (secondary N) is 1. The molecule has 0 aliphatic heterocycles. The van der Waals surface area contributed by atoms with Gasteiger partial charge in [-0.1, -0.05) is 5.10 Å². The predicted molar refractivity (Wildman–Crippen MR) is 58.3 cm³/mol. The van der Waals surface area contributed by atoms with E-state index >= 15 is 0 Å². The van der Waals surface area contributed by atoms with Gasteiger partial charge in [-0.3, -0.25) is 0 Å². The number of nitrogens with two attached hydrogens (primary N) is 1. The fraction of sp³-hybridized carbons (Fsp3) is 0.143. The smallest absolute Gasteiger partial charge is 0.277 e. The Balaban J connectivity index is 2.28. The minimum Gasteiger partial charge on any atom is -0.384 e. The number of sulfonamides is 1. The van der Waals surface area contributed by atoms with Crippen LogP contribution in [0.3, 0.4) is 0 Å². The third-order valence-electron chi connectivity index (χ3n) is 1.80. The Morgan fingerprint density at radius 1 is 1.41 bits per heavy atom. The first kappa shape index (κ1) is 11.3. The highest BCUT2D eigenvalue weighted by molar-refractivity contribution is 7.92. The van der Waals surface area contributed by atoms with Crippen LogP contribution < -0.4 is 10.5 Å². The Kier molecular flexibility index (Phi) is 2.63. The molecule has 10 heteroatoms. The number of nitrogen functional groups attached to an aromatic ring is 1. The van der Waals surface area contributed by atoms with Crippen LogP contribution in [-0.4, -0.2) is 33.6 Å². The first-order chi connectivity index (χ1) is 7.97. The second kappa shape index (κ2) is 3.97. The standard InChI is InChI=1S/C7H9N7O2S/c1-14-11-7(10-13-14)12-17(15,16)5-2-3-6(8)9-4-5/h2-4H,1H3,(H2,8,9)(H,11,12). The maximum atomic E-state index is 11.8. The summed E-state index contributed by atoms with van der Waals surface area (Å²) in [4.78, 5) is 4.80. The highest BCUT2D eigenvalue weighted by Gasteiger charge is 2.16. The van der Waals surface area contributed by atoms with E-state index in [0.717, 1.165) is 11.0 Å². The first-order valence-corrected chi connectivity index (χ1v) is 5.94. The molecule has 17 heavy (non-hydrogen) atoms. The maximum Gasteiger partial charge on any atom is 0.277 e. The molecule has 0 atom stereocenters. The largest absolute Gasteiger partial charge is 0.384 e. The van der Waals surface area contributed by atoms with Gasteiger partial charge in [0.1, 0.15) is 10.7 Å². The molecule has 0 spiro atoms. The molecule has 0 saturated carbocycles. The lowest BCUT2D eigenvalue weighted by molar-refractivity contribution is 0.600. The van der Waals surface area contributed by atoms with Crippen LogP contribution >= 0.6 is 0 Å². The second-order valence-corrected chi connectivity index (χ2v) is 4.81. The number of aryl methyl sites for hydroxylation is 1. The average Bonchev–Trinajstić information content (AvgIpc) is 2.63. The average molecular weight is 255 g/mol. The zero-order valence-electron chi connectivity index (χ0n) is 8.77. The lowest BCUT2D eigenvalue weighted by Crippen LogP contribution is -2.14. The number of rotatable bonds is 3. The van der Waals surface area contributed by atoms with E-state index in [0.29, 0.717) is 0 Å². The van der Waals surface area contributed by atoms with Gasteiger partial charge in [-0.2, -0.15) is 4.80 Å². The molecule has 0 aliphatic rings. The van der Waals surface area contributed by atoms with E-state index in [1.54, 1.807) is 0 Å². The van der Waals surface area contributed by atoms with E-state index in [4.69, 9.17) is 5.73 Å². The van der Waals surface area contributed by atoms with Crippen LogP contribution in [-0.2, 0) is 17.1 Å². The van der Waals surface area contributed by atoms with E-state index in [1.165, 1.54) is 19.2 Å². The Hall–Kier alpha value is -2.23. The number of tetrazole rings is 1. The molecule has 2 aromatic rings. The molecule has 0 unspecified atom stereocenters. The van der Waals surface area contributed by atoms with Crippen molar-refractivity contribution in [3.05, 3.63) is 18.3 Å². The van der Waals surface area contributed by atoms with Gasteiger partial charge in [0, 0.05) is 6.20 Å². The second-order valence-electron chi connectivity index (χ2n) is 3.13. The van der Waals surface area contributed by atoms with Gasteiger partial charge >= 0.3 is 0 Å². The van der Waals surface area contributed by atoms with Crippen LogP contribution in [0.1, 0.15) is 0 Å². The third kappa shape index (κ3) is 2.47. The molecule has 90 valence electrons. The number of aromatic nitrogens is 5. The van der Waals surface area contributed by atoms with Gasteiger partial charge in [-0.25, -0.2) is 18.1 Å². The van der Waals surface area contributed by atoms with Crippen molar-refractivity contribution in [3.8, 4) is 0 Å². The van der Waals surface area contributed by atoms with Crippen molar-refractivity contribution >= 4 is 21.8 Å². The summed E-state index contributed by atoms with van der Waals surface area (Å²) >= 11 is 0. The molecule has 2 heterocycles. The lowest BCUT2D eigenvalue weighted by atomic mass is 10.5. The molecule has 0 radical (unpaired) electrons. The zero-order chi connectivity index (χ0) is 12.5. The van der Waals surface area contributed by atoms with Crippen LogP contribution in [0.4, 0.5) is 11.8 Å². The Morgan fingerprint density at radius 2 is 2.18 bits per heavy atom. The zero-order valence-corrected chi connectivity index (χ0v) is 9.59. The van der Waals surface area contributed by atoms with Crippen LogP contribution in [0.2, 0.25) is 0 Å². The molecule has 2 rings (SSSR count). The van der Waals surface area contributed by atoms with Crippen LogP contribution in [0.25, 0.3) is 0 Å². The first-order valence-electron chi connectivity index (χ1n) is 4.46. The number of hydrogen-bond acceptors (Lipinski definition) is 7. The van der Waals surface area contributed by atoms with E-state index < -0.39 is 10.0 Å². The fourth-order valence-corrected chi connectivity index (χ4v) is 1.93. The lowest BCUT2D eigenvalue weighted by Gasteiger charge is -2.03. The summed E-state index contributed by atoms with van der Waals surface area (Å²) in [7, 11) is -2.24. The number of nitrogens with zero attached hydrogens (tertiary/aromatic N) is 5. The monoisotopic (exact) mass is 255 g/mol. The summed E-state index contributed by atoms with van der Waals surface area (Å²) in [5.41, 5.74) is 5.36. The molecule has 0 amide bonds. The van der Waals surface area contributed by atoms with Crippen molar-refractivity contribution in [2.24, 2.45) is 7.05 Å². The van der Waals surface area contributed by atoms with Crippen molar-refractivity contribution in [2.75, 3.05) is 10.5 Å². The highest BCUT2D eigenvalue weighted by Crippen LogP contribution is 2.11. The highest BCUT2D eigenvalue weighted by atomic mass is 32.2. The molecular weight excluding hydrogens is 246 g/mol. The molecule has 0 aliphatic carbocycles. The fourth-order valence-electron chi connectivity index (χ4n) is 1.05. The quantitative estimate of drug-likeness (QED) is 0.718.